The predicted molar refractivity (Wildman–Crippen MR) is 59.7 cm³/mol. The SMILES string of the molecule is Cc1c(CNC(=O)COCCN)cnn1C. The number of rotatable bonds is 6. The summed E-state index contributed by atoms with van der Waals surface area (Å²) >= 11 is 0. The Bertz CT molecular complexity index is 349. The van der Waals surface area contributed by atoms with Crippen molar-refractivity contribution in [1.82, 2.24) is 15.1 Å². The van der Waals surface area contributed by atoms with Gasteiger partial charge in [0.25, 0.3) is 0 Å². The summed E-state index contributed by atoms with van der Waals surface area (Å²) in [5, 5.41) is 6.84. The lowest BCUT2D eigenvalue weighted by Crippen LogP contribution is -2.28. The number of hydrogen-bond donors (Lipinski definition) is 2. The molecule has 0 aromatic carbocycles. The fourth-order valence-corrected chi connectivity index (χ4v) is 1.21. The highest BCUT2D eigenvalue weighted by atomic mass is 16.5. The molecule has 0 radical (unpaired) electrons. The summed E-state index contributed by atoms with van der Waals surface area (Å²) in [4.78, 5) is 11.3. The van der Waals surface area contributed by atoms with Crippen LogP contribution in [0.5, 0.6) is 0 Å². The van der Waals surface area contributed by atoms with Crippen LogP contribution in [0.4, 0.5) is 0 Å². The molecule has 0 aliphatic heterocycles. The van der Waals surface area contributed by atoms with E-state index in [1.807, 2.05) is 14.0 Å². The van der Waals surface area contributed by atoms with Crippen molar-refractivity contribution in [2.24, 2.45) is 12.8 Å². The van der Waals surface area contributed by atoms with Gasteiger partial charge in [-0.15, -0.1) is 0 Å². The van der Waals surface area contributed by atoms with Crippen LogP contribution in [0.25, 0.3) is 0 Å². The number of ether oxygens (including phenoxy) is 1. The molecule has 1 amide bonds. The zero-order chi connectivity index (χ0) is 12.0. The summed E-state index contributed by atoms with van der Waals surface area (Å²) in [5.41, 5.74) is 7.29. The third-order valence-corrected chi connectivity index (χ3v) is 2.31. The smallest absolute Gasteiger partial charge is 0.246 e. The molecule has 0 bridgehead atoms. The number of carbonyl (C=O) groups is 1. The standard InChI is InChI=1S/C10H18N4O2/c1-8-9(6-13-14(8)2)5-12-10(15)7-16-4-3-11/h6H,3-5,7,11H2,1-2H3,(H,12,15). The highest BCUT2D eigenvalue weighted by Gasteiger charge is 2.05. The molecule has 1 aromatic heterocycles. The fourth-order valence-electron chi connectivity index (χ4n) is 1.21. The lowest BCUT2D eigenvalue weighted by molar-refractivity contribution is -0.125. The highest BCUT2D eigenvalue weighted by Crippen LogP contribution is 2.04. The van der Waals surface area contributed by atoms with Crippen LogP contribution in [0, 0.1) is 6.92 Å². The first-order chi connectivity index (χ1) is 7.65. The Morgan fingerprint density at radius 2 is 2.44 bits per heavy atom. The average molecular weight is 226 g/mol. The molecule has 1 heterocycles. The maximum atomic E-state index is 11.3. The van der Waals surface area contributed by atoms with Crippen LogP contribution in [0.15, 0.2) is 6.20 Å². The van der Waals surface area contributed by atoms with Crippen molar-refractivity contribution in [2.45, 2.75) is 13.5 Å². The van der Waals surface area contributed by atoms with Crippen molar-refractivity contribution in [3.63, 3.8) is 0 Å². The second-order valence-corrected chi connectivity index (χ2v) is 3.50. The predicted octanol–water partition coefficient (Wildman–Crippen LogP) is -0.680. The van der Waals surface area contributed by atoms with Crippen LogP contribution in [-0.2, 0) is 23.1 Å². The van der Waals surface area contributed by atoms with Gasteiger partial charge >= 0.3 is 0 Å². The maximum absolute atomic E-state index is 11.3. The van der Waals surface area contributed by atoms with Gasteiger partial charge in [0.15, 0.2) is 0 Å². The monoisotopic (exact) mass is 226 g/mol. The molecular formula is C10H18N4O2. The van der Waals surface area contributed by atoms with Gasteiger partial charge in [0.2, 0.25) is 5.91 Å². The summed E-state index contributed by atoms with van der Waals surface area (Å²) in [6, 6.07) is 0. The summed E-state index contributed by atoms with van der Waals surface area (Å²) in [6.07, 6.45) is 1.75. The molecule has 1 rings (SSSR count). The largest absolute Gasteiger partial charge is 0.370 e. The number of carbonyl (C=O) groups excluding carboxylic acids is 1. The number of aryl methyl sites for hydroxylation is 1. The van der Waals surface area contributed by atoms with Gasteiger partial charge in [-0.3, -0.25) is 9.48 Å². The molecule has 0 spiro atoms. The molecule has 0 fully saturated rings. The molecule has 6 nitrogen and oxygen atoms in total. The summed E-state index contributed by atoms with van der Waals surface area (Å²) in [7, 11) is 1.87. The highest BCUT2D eigenvalue weighted by molar-refractivity contribution is 5.77. The quantitative estimate of drug-likeness (QED) is 0.630. The lowest BCUT2D eigenvalue weighted by Gasteiger charge is -2.05. The zero-order valence-electron chi connectivity index (χ0n) is 9.69. The van der Waals surface area contributed by atoms with Gasteiger partial charge in [0.1, 0.15) is 6.61 Å². The summed E-state index contributed by atoms with van der Waals surface area (Å²) in [6.45, 7) is 3.31. The third kappa shape index (κ3) is 3.63. The van der Waals surface area contributed by atoms with Crippen molar-refractivity contribution < 1.29 is 9.53 Å². The topological polar surface area (TPSA) is 82.2 Å². The Morgan fingerprint density at radius 1 is 1.69 bits per heavy atom. The number of aromatic nitrogens is 2. The Hall–Kier alpha value is -1.40. The Morgan fingerprint density at radius 3 is 3.00 bits per heavy atom. The molecular weight excluding hydrogens is 208 g/mol. The van der Waals surface area contributed by atoms with Crippen molar-refractivity contribution in [3.05, 3.63) is 17.5 Å². The molecule has 1 aromatic rings. The Balaban J connectivity index is 2.29. The number of nitrogens with two attached hydrogens (primary N) is 1. The molecule has 0 aliphatic carbocycles. The van der Waals surface area contributed by atoms with Gasteiger partial charge < -0.3 is 15.8 Å². The normalized spacial score (nSPS) is 10.4. The number of hydrogen-bond acceptors (Lipinski definition) is 4. The zero-order valence-corrected chi connectivity index (χ0v) is 9.69. The molecule has 0 atom stereocenters. The van der Waals surface area contributed by atoms with E-state index in [0.717, 1.165) is 11.3 Å². The van der Waals surface area contributed by atoms with E-state index in [2.05, 4.69) is 10.4 Å². The van der Waals surface area contributed by atoms with E-state index >= 15 is 0 Å². The minimum Gasteiger partial charge on any atom is -0.370 e. The lowest BCUT2D eigenvalue weighted by atomic mass is 10.2. The summed E-state index contributed by atoms with van der Waals surface area (Å²) in [5.74, 6) is -0.142. The van der Waals surface area contributed by atoms with Crippen molar-refractivity contribution in [1.29, 1.82) is 0 Å². The van der Waals surface area contributed by atoms with Crippen LogP contribution in [0.3, 0.4) is 0 Å². The molecule has 6 heteroatoms. The number of nitrogens with zero attached hydrogens (tertiary/aromatic N) is 2. The molecule has 16 heavy (non-hydrogen) atoms. The van der Waals surface area contributed by atoms with Crippen LogP contribution >= 0.6 is 0 Å². The third-order valence-electron chi connectivity index (χ3n) is 2.31. The average Bonchev–Trinajstić information content (AvgIpc) is 2.58. The van der Waals surface area contributed by atoms with Crippen LogP contribution in [0.2, 0.25) is 0 Å². The van der Waals surface area contributed by atoms with Crippen LogP contribution in [0.1, 0.15) is 11.3 Å². The molecule has 0 saturated heterocycles. The van der Waals surface area contributed by atoms with Gasteiger partial charge in [-0.2, -0.15) is 5.10 Å². The molecule has 0 saturated carbocycles. The summed E-state index contributed by atoms with van der Waals surface area (Å²) < 4.78 is 6.78. The van der Waals surface area contributed by atoms with E-state index in [4.69, 9.17) is 10.5 Å². The van der Waals surface area contributed by atoms with Gasteiger partial charge in [0, 0.05) is 31.4 Å². The van der Waals surface area contributed by atoms with E-state index in [1.165, 1.54) is 0 Å². The van der Waals surface area contributed by atoms with Gasteiger partial charge in [-0.1, -0.05) is 0 Å². The molecule has 90 valence electrons. The second-order valence-electron chi connectivity index (χ2n) is 3.50. The van der Waals surface area contributed by atoms with Gasteiger partial charge in [-0.05, 0) is 6.92 Å². The minimum absolute atomic E-state index is 0.0521. The first-order valence-electron chi connectivity index (χ1n) is 5.17. The van der Waals surface area contributed by atoms with Crippen molar-refractivity contribution in [2.75, 3.05) is 19.8 Å². The van der Waals surface area contributed by atoms with E-state index in [1.54, 1.807) is 10.9 Å². The Labute approximate surface area is 94.8 Å². The number of amides is 1. The van der Waals surface area contributed by atoms with Gasteiger partial charge in [0.05, 0.1) is 12.8 Å². The minimum atomic E-state index is -0.142. The first-order valence-corrected chi connectivity index (χ1v) is 5.17. The van der Waals surface area contributed by atoms with E-state index < -0.39 is 0 Å². The van der Waals surface area contributed by atoms with E-state index in [-0.39, 0.29) is 12.5 Å². The van der Waals surface area contributed by atoms with Crippen LogP contribution < -0.4 is 11.1 Å². The molecule has 0 aliphatic rings. The Kier molecular flexibility index (Phi) is 4.94. The molecule has 0 unspecified atom stereocenters. The molecule has 3 N–H and O–H groups in total. The second kappa shape index (κ2) is 6.24. The van der Waals surface area contributed by atoms with Crippen molar-refractivity contribution >= 4 is 5.91 Å². The maximum Gasteiger partial charge on any atom is 0.246 e. The van der Waals surface area contributed by atoms with E-state index in [0.29, 0.717) is 19.7 Å². The van der Waals surface area contributed by atoms with Crippen LogP contribution in [-0.4, -0.2) is 35.4 Å². The number of nitrogens with one attached hydrogen (secondary N) is 1. The van der Waals surface area contributed by atoms with Gasteiger partial charge in [-0.25, -0.2) is 0 Å². The van der Waals surface area contributed by atoms with E-state index in [9.17, 15) is 4.79 Å². The van der Waals surface area contributed by atoms with Crippen molar-refractivity contribution in [3.8, 4) is 0 Å². The first kappa shape index (κ1) is 12.7. The fraction of sp³-hybridized carbons (Fsp3) is 0.600.